The van der Waals surface area contributed by atoms with Crippen LogP contribution in [-0.2, 0) is 21.2 Å². The van der Waals surface area contributed by atoms with Gasteiger partial charge in [-0.05, 0) is 56.5 Å². The second kappa shape index (κ2) is 10.3. The largest absolute Gasteiger partial charge is 0.342 e. The highest BCUT2D eigenvalue weighted by molar-refractivity contribution is 7.90. The summed E-state index contributed by atoms with van der Waals surface area (Å²) < 4.78 is 23.3. The maximum atomic E-state index is 12.8. The van der Waals surface area contributed by atoms with E-state index < -0.39 is 9.84 Å². The summed E-state index contributed by atoms with van der Waals surface area (Å²) in [6, 6.07) is 11.4. The monoisotopic (exact) mass is 469 g/mol. The highest BCUT2D eigenvalue weighted by Crippen LogP contribution is 2.27. The van der Waals surface area contributed by atoms with Crippen LogP contribution in [0.2, 0.25) is 0 Å². The first-order chi connectivity index (χ1) is 15.8. The highest BCUT2D eigenvalue weighted by atomic mass is 32.2. The molecule has 1 saturated heterocycles. The number of sulfone groups is 1. The fraction of sp³-hybridized carbons (Fsp3) is 0.538. The summed E-state index contributed by atoms with van der Waals surface area (Å²) in [5.41, 5.74) is 2.88. The van der Waals surface area contributed by atoms with Crippen molar-refractivity contribution in [2.45, 2.75) is 62.4 Å². The minimum absolute atomic E-state index is 0.264. The summed E-state index contributed by atoms with van der Waals surface area (Å²) in [4.78, 5) is 22.2. The molecule has 0 unspecified atom stereocenters. The van der Waals surface area contributed by atoms with Crippen molar-refractivity contribution in [3.63, 3.8) is 0 Å². The van der Waals surface area contributed by atoms with Crippen molar-refractivity contribution >= 4 is 15.7 Å². The van der Waals surface area contributed by atoms with Crippen LogP contribution in [-0.4, -0.2) is 61.5 Å². The van der Waals surface area contributed by atoms with Gasteiger partial charge < -0.3 is 4.90 Å². The third kappa shape index (κ3) is 6.01. The summed E-state index contributed by atoms with van der Waals surface area (Å²) in [6.45, 7) is 2.55. The fourth-order valence-corrected chi connectivity index (χ4v) is 5.74. The molecule has 1 amide bonds. The topological polar surface area (TPSA) is 70.6 Å². The van der Waals surface area contributed by atoms with Crippen molar-refractivity contribution in [3.05, 3.63) is 48.2 Å². The highest BCUT2D eigenvalue weighted by Gasteiger charge is 2.30. The Morgan fingerprint density at radius 2 is 1.67 bits per heavy atom. The molecule has 1 aromatic heterocycles. The summed E-state index contributed by atoms with van der Waals surface area (Å²) >= 11 is 0. The molecular formula is C26H35N3O3S. The van der Waals surface area contributed by atoms with Gasteiger partial charge in [-0.2, -0.15) is 0 Å². The van der Waals surface area contributed by atoms with Gasteiger partial charge in [-0.3, -0.25) is 14.7 Å². The molecule has 2 aromatic rings. The lowest BCUT2D eigenvalue weighted by atomic mass is 9.87. The van der Waals surface area contributed by atoms with Crippen molar-refractivity contribution < 1.29 is 13.2 Å². The van der Waals surface area contributed by atoms with Crippen LogP contribution in [0.25, 0.3) is 11.3 Å². The first-order valence-electron chi connectivity index (χ1n) is 12.1. The molecule has 2 heterocycles. The van der Waals surface area contributed by atoms with Crippen LogP contribution in [0.4, 0.5) is 0 Å². The number of carbonyl (C=O) groups is 1. The van der Waals surface area contributed by atoms with Gasteiger partial charge in [0.1, 0.15) is 0 Å². The second-order valence-electron chi connectivity index (χ2n) is 9.65. The lowest BCUT2D eigenvalue weighted by Gasteiger charge is -2.38. The zero-order chi connectivity index (χ0) is 23.4. The van der Waals surface area contributed by atoms with Gasteiger partial charge in [0.05, 0.1) is 10.6 Å². The zero-order valence-corrected chi connectivity index (χ0v) is 20.6. The van der Waals surface area contributed by atoms with E-state index >= 15 is 0 Å². The van der Waals surface area contributed by atoms with Crippen LogP contribution in [0.1, 0.15) is 50.5 Å². The SMILES string of the molecule is CN(Cc1ccc(-c2ccc(S(C)(=O)=O)cc2)nc1)C1CCN(C(=O)C2CCCCC2)CC1. The van der Waals surface area contributed by atoms with E-state index in [2.05, 4.69) is 27.9 Å². The second-order valence-corrected chi connectivity index (χ2v) is 11.7. The first kappa shape index (κ1) is 23.9. The van der Waals surface area contributed by atoms with Crippen molar-refractivity contribution in [2.75, 3.05) is 26.4 Å². The average molecular weight is 470 g/mol. The Balaban J connectivity index is 1.29. The van der Waals surface area contributed by atoms with E-state index in [1.807, 2.05) is 12.3 Å². The molecule has 0 bridgehead atoms. The number of benzene rings is 1. The molecule has 1 aliphatic heterocycles. The average Bonchev–Trinajstić information content (AvgIpc) is 2.84. The van der Waals surface area contributed by atoms with Crippen LogP contribution >= 0.6 is 0 Å². The van der Waals surface area contributed by atoms with Crippen LogP contribution in [0.3, 0.4) is 0 Å². The van der Waals surface area contributed by atoms with E-state index in [1.54, 1.807) is 24.3 Å². The molecule has 1 aliphatic carbocycles. The van der Waals surface area contributed by atoms with Gasteiger partial charge in [0, 0.05) is 49.6 Å². The Bertz CT molecular complexity index is 1040. The van der Waals surface area contributed by atoms with Crippen LogP contribution in [0, 0.1) is 5.92 Å². The third-order valence-electron chi connectivity index (χ3n) is 7.19. The standard InChI is InChI=1S/C26H35N3O3S/c1-28(23-14-16-29(17-15-23)26(30)22-6-4-3-5-7-22)19-20-8-13-25(27-18-20)21-9-11-24(12-10-21)33(2,31)32/h8-13,18,22-23H,3-7,14-17,19H2,1-2H3. The van der Waals surface area contributed by atoms with Crippen molar-refractivity contribution in [1.29, 1.82) is 0 Å². The normalized spacial score (nSPS) is 18.6. The van der Waals surface area contributed by atoms with Crippen LogP contribution in [0.5, 0.6) is 0 Å². The molecule has 33 heavy (non-hydrogen) atoms. The number of piperidine rings is 1. The summed E-state index contributed by atoms with van der Waals surface area (Å²) in [5, 5.41) is 0. The Hall–Kier alpha value is -2.25. The minimum Gasteiger partial charge on any atom is -0.342 e. The van der Waals surface area contributed by atoms with Crippen LogP contribution in [0.15, 0.2) is 47.5 Å². The van der Waals surface area contributed by atoms with E-state index in [0.29, 0.717) is 16.8 Å². The maximum absolute atomic E-state index is 12.8. The molecule has 1 aromatic carbocycles. The Morgan fingerprint density at radius 3 is 2.24 bits per heavy atom. The number of hydrogen-bond donors (Lipinski definition) is 0. The first-order valence-corrected chi connectivity index (χ1v) is 13.9. The number of carbonyl (C=O) groups excluding carboxylic acids is 1. The molecule has 1 saturated carbocycles. The maximum Gasteiger partial charge on any atom is 0.225 e. The van der Waals surface area contributed by atoms with Crippen molar-refractivity contribution in [2.24, 2.45) is 5.92 Å². The van der Waals surface area contributed by atoms with Gasteiger partial charge in [0.15, 0.2) is 9.84 Å². The quantitative estimate of drug-likeness (QED) is 0.635. The molecule has 7 heteroatoms. The Labute approximate surface area is 197 Å². The van der Waals surface area contributed by atoms with E-state index in [1.165, 1.54) is 25.5 Å². The lowest BCUT2D eigenvalue weighted by Crippen LogP contribution is -2.47. The molecule has 2 aliphatic rings. The molecular weight excluding hydrogens is 434 g/mol. The molecule has 0 radical (unpaired) electrons. The van der Waals surface area contributed by atoms with Crippen LogP contribution < -0.4 is 0 Å². The number of hydrogen-bond acceptors (Lipinski definition) is 5. The van der Waals surface area contributed by atoms with E-state index in [4.69, 9.17) is 0 Å². The summed E-state index contributed by atoms with van der Waals surface area (Å²) in [6.07, 6.45) is 11.0. The predicted molar refractivity (Wildman–Crippen MR) is 130 cm³/mol. The molecule has 0 N–H and O–H groups in total. The number of pyridine rings is 1. The molecule has 4 rings (SSSR count). The molecule has 2 fully saturated rings. The number of nitrogens with zero attached hydrogens (tertiary/aromatic N) is 3. The Morgan fingerprint density at radius 1 is 1.00 bits per heavy atom. The van der Waals surface area contributed by atoms with Crippen molar-refractivity contribution in [1.82, 2.24) is 14.8 Å². The van der Waals surface area contributed by atoms with Crippen molar-refractivity contribution in [3.8, 4) is 11.3 Å². The molecule has 6 nitrogen and oxygen atoms in total. The number of aromatic nitrogens is 1. The molecule has 0 atom stereocenters. The Kier molecular flexibility index (Phi) is 7.49. The summed E-state index contributed by atoms with van der Waals surface area (Å²) in [5.74, 6) is 0.653. The van der Waals surface area contributed by atoms with Gasteiger partial charge in [-0.15, -0.1) is 0 Å². The fourth-order valence-electron chi connectivity index (χ4n) is 5.11. The van der Waals surface area contributed by atoms with Gasteiger partial charge in [0.2, 0.25) is 5.91 Å². The van der Waals surface area contributed by atoms with E-state index in [-0.39, 0.29) is 5.92 Å². The van der Waals surface area contributed by atoms with E-state index in [0.717, 1.165) is 62.1 Å². The zero-order valence-electron chi connectivity index (χ0n) is 19.7. The third-order valence-corrected chi connectivity index (χ3v) is 8.32. The summed E-state index contributed by atoms with van der Waals surface area (Å²) in [7, 11) is -1.04. The van der Waals surface area contributed by atoms with Gasteiger partial charge in [-0.25, -0.2) is 8.42 Å². The number of amides is 1. The number of rotatable bonds is 6. The predicted octanol–water partition coefficient (Wildman–Crippen LogP) is 4.16. The molecule has 178 valence electrons. The van der Waals surface area contributed by atoms with Gasteiger partial charge in [-0.1, -0.05) is 37.5 Å². The molecule has 0 spiro atoms. The van der Waals surface area contributed by atoms with E-state index in [9.17, 15) is 13.2 Å². The smallest absolute Gasteiger partial charge is 0.225 e. The lowest BCUT2D eigenvalue weighted by molar-refractivity contribution is -0.138. The van der Waals surface area contributed by atoms with Gasteiger partial charge >= 0.3 is 0 Å². The van der Waals surface area contributed by atoms with Gasteiger partial charge in [0.25, 0.3) is 0 Å². The minimum atomic E-state index is -3.19. The number of likely N-dealkylation sites (tertiary alicyclic amines) is 1.